The SMILES string of the molecule is N#CC(COCc1ccccc1)NC(=O)C(Cc1ccccc1)OC(=O)N1CCOCC1. The predicted molar refractivity (Wildman–Crippen MR) is 116 cm³/mol. The zero-order valence-corrected chi connectivity index (χ0v) is 17.8. The highest BCUT2D eigenvalue weighted by Crippen LogP contribution is 2.10. The van der Waals surface area contributed by atoms with E-state index in [1.54, 1.807) is 0 Å². The van der Waals surface area contributed by atoms with E-state index < -0.39 is 24.1 Å². The van der Waals surface area contributed by atoms with Gasteiger partial charge < -0.3 is 24.4 Å². The Morgan fingerprint density at radius 1 is 1.03 bits per heavy atom. The summed E-state index contributed by atoms with van der Waals surface area (Å²) in [5, 5.41) is 12.1. The van der Waals surface area contributed by atoms with Gasteiger partial charge in [0.2, 0.25) is 0 Å². The first-order valence-electron chi connectivity index (χ1n) is 10.5. The second kappa shape index (κ2) is 12.4. The minimum atomic E-state index is -1.07. The van der Waals surface area contributed by atoms with Crippen molar-refractivity contribution < 1.29 is 23.8 Å². The van der Waals surface area contributed by atoms with E-state index in [0.29, 0.717) is 32.9 Å². The zero-order chi connectivity index (χ0) is 22.6. The normalized spacial score (nSPS) is 15.3. The van der Waals surface area contributed by atoms with E-state index in [2.05, 4.69) is 5.32 Å². The first-order valence-corrected chi connectivity index (χ1v) is 10.5. The van der Waals surface area contributed by atoms with Gasteiger partial charge in [-0.2, -0.15) is 5.26 Å². The Bertz CT molecular complexity index is 895. The molecule has 0 spiro atoms. The van der Waals surface area contributed by atoms with Gasteiger partial charge in [-0.15, -0.1) is 0 Å². The number of morpholine rings is 1. The van der Waals surface area contributed by atoms with Crippen LogP contribution in [0.25, 0.3) is 0 Å². The molecule has 8 heteroatoms. The van der Waals surface area contributed by atoms with Crippen LogP contribution in [0.2, 0.25) is 0 Å². The van der Waals surface area contributed by atoms with Gasteiger partial charge in [0.1, 0.15) is 6.04 Å². The Morgan fingerprint density at radius 3 is 2.28 bits per heavy atom. The van der Waals surface area contributed by atoms with Gasteiger partial charge in [-0.1, -0.05) is 60.7 Å². The van der Waals surface area contributed by atoms with Crippen LogP contribution >= 0.6 is 0 Å². The molecule has 2 amide bonds. The third-order valence-corrected chi connectivity index (χ3v) is 4.94. The summed E-state index contributed by atoms with van der Waals surface area (Å²) in [4.78, 5) is 27.0. The molecular weight excluding hydrogens is 410 g/mol. The molecule has 0 saturated carbocycles. The molecule has 2 atom stereocenters. The van der Waals surface area contributed by atoms with E-state index in [0.717, 1.165) is 11.1 Å². The molecule has 168 valence electrons. The van der Waals surface area contributed by atoms with E-state index in [-0.39, 0.29) is 13.0 Å². The number of carbonyl (C=O) groups is 2. The molecule has 0 radical (unpaired) electrons. The average molecular weight is 437 g/mol. The van der Waals surface area contributed by atoms with Crippen molar-refractivity contribution in [2.24, 2.45) is 0 Å². The molecule has 2 aromatic rings. The highest BCUT2D eigenvalue weighted by molar-refractivity contribution is 5.84. The smallest absolute Gasteiger partial charge is 0.410 e. The molecule has 0 aliphatic carbocycles. The highest BCUT2D eigenvalue weighted by Gasteiger charge is 2.28. The second-order valence-corrected chi connectivity index (χ2v) is 7.35. The first kappa shape index (κ1) is 23.3. The van der Waals surface area contributed by atoms with Crippen molar-refractivity contribution >= 4 is 12.0 Å². The summed E-state index contributed by atoms with van der Waals surface area (Å²) in [5.74, 6) is -0.537. The Labute approximate surface area is 187 Å². The van der Waals surface area contributed by atoms with Crippen LogP contribution in [0.3, 0.4) is 0 Å². The molecule has 1 N–H and O–H groups in total. The van der Waals surface area contributed by atoms with Gasteiger partial charge >= 0.3 is 6.09 Å². The van der Waals surface area contributed by atoms with Crippen LogP contribution < -0.4 is 5.32 Å². The largest absolute Gasteiger partial charge is 0.436 e. The van der Waals surface area contributed by atoms with Crippen LogP contribution in [0.15, 0.2) is 60.7 Å². The van der Waals surface area contributed by atoms with Gasteiger partial charge in [0, 0.05) is 19.5 Å². The molecule has 8 nitrogen and oxygen atoms in total. The lowest BCUT2D eigenvalue weighted by Gasteiger charge is -2.28. The van der Waals surface area contributed by atoms with E-state index in [1.807, 2.05) is 66.7 Å². The van der Waals surface area contributed by atoms with Crippen LogP contribution in [-0.2, 0) is 32.0 Å². The maximum atomic E-state index is 12.9. The van der Waals surface area contributed by atoms with Gasteiger partial charge in [0.05, 0.1) is 32.5 Å². The maximum absolute atomic E-state index is 12.9. The minimum Gasteiger partial charge on any atom is -0.436 e. The molecule has 0 bridgehead atoms. The molecule has 1 aliphatic heterocycles. The van der Waals surface area contributed by atoms with Gasteiger partial charge in [0.15, 0.2) is 6.10 Å². The van der Waals surface area contributed by atoms with Gasteiger partial charge in [-0.05, 0) is 11.1 Å². The fourth-order valence-corrected chi connectivity index (χ4v) is 3.20. The maximum Gasteiger partial charge on any atom is 0.410 e. The summed E-state index contributed by atoms with van der Waals surface area (Å²) in [7, 11) is 0. The predicted octanol–water partition coefficient (Wildman–Crippen LogP) is 2.29. The minimum absolute atomic E-state index is 0.0204. The quantitative estimate of drug-likeness (QED) is 0.646. The molecule has 0 aromatic heterocycles. The lowest BCUT2D eigenvalue weighted by Crippen LogP contribution is -2.48. The lowest BCUT2D eigenvalue weighted by atomic mass is 10.1. The molecule has 1 heterocycles. The van der Waals surface area contributed by atoms with Gasteiger partial charge in [0.25, 0.3) is 5.91 Å². The van der Waals surface area contributed by atoms with E-state index in [9.17, 15) is 14.9 Å². The van der Waals surface area contributed by atoms with Crippen LogP contribution in [0.1, 0.15) is 11.1 Å². The molecule has 1 aliphatic rings. The van der Waals surface area contributed by atoms with E-state index in [4.69, 9.17) is 14.2 Å². The first-order chi connectivity index (χ1) is 15.7. The van der Waals surface area contributed by atoms with Gasteiger partial charge in [-0.3, -0.25) is 4.79 Å². The number of nitriles is 1. The fourth-order valence-electron chi connectivity index (χ4n) is 3.20. The van der Waals surface area contributed by atoms with Crippen LogP contribution in [0.4, 0.5) is 4.79 Å². The molecule has 2 aromatic carbocycles. The Morgan fingerprint density at radius 2 is 1.66 bits per heavy atom. The standard InChI is InChI=1S/C24H27N3O5/c25-16-21(18-31-17-20-9-5-2-6-10-20)26-23(28)22(15-19-7-3-1-4-8-19)32-24(29)27-11-13-30-14-12-27/h1-10,21-22H,11-15,17-18H2,(H,26,28). The van der Waals surface area contributed by atoms with Gasteiger partial charge in [-0.25, -0.2) is 4.79 Å². The summed E-state index contributed by atoms with van der Waals surface area (Å²) >= 11 is 0. The third kappa shape index (κ3) is 7.38. The van der Waals surface area contributed by atoms with Crippen molar-refractivity contribution in [3.63, 3.8) is 0 Å². The van der Waals surface area contributed by atoms with E-state index in [1.165, 1.54) is 4.90 Å². The topological polar surface area (TPSA) is 101 Å². The number of nitrogens with one attached hydrogen (secondary N) is 1. The summed E-state index contributed by atoms with van der Waals surface area (Å²) in [5.41, 5.74) is 1.81. The summed E-state index contributed by atoms with van der Waals surface area (Å²) < 4.78 is 16.4. The molecule has 1 fully saturated rings. The van der Waals surface area contributed by atoms with Crippen LogP contribution in [-0.4, -0.2) is 62.0 Å². The number of benzene rings is 2. The fraction of sp³-hybridized carbons (Fsp3) is 0.375. The van der Waals surface area contributed by atoms with Crippen molar-refractivity contribution in [1.29, 1.82) is 5.26 Å². The van der Waals surface area contributed by atoms with Crippen molar-refractivity contribution in [2.45, 2.75) is 25.2 Å². The molecule has 32 heavy (non-hydrogen) atoms. The van der Waals surface area contributed by atoms with Crippen molar-refractivity contribution in [1.82, 2.24) is 10.2 Å². The number of carbonyl (C=O) groups excluding carboxylic acids is 2. The molecule has 2 unspecified atom stereocenters. The number of hydrogen-bond acceptors (Lipinski definition) is 6. The van der Waals surface area contributed by atoms with E-state index >= 15 is 0 Å². The van der Waals surface area contributed by atoms with Crippen molar-refractivity contribution in [3.8, 4) is 6.07 Å². The zero-order valence-electron chi connectivity index (χ0n) is 17.8. The third-order valence-electron chi connectivity index (χ3n) is 4.94. The number of amides is 2. The Balaban J connectivity index is 1.59. The van der Waals surface area contributed by atoms with Crippen molar-refractivity contribution in [3.05, 3.63) is 71.8 Å². The molecular formula is C24H27N3O5. The second-order valence-electron chi connectivity index (χ2n) is 7.35. The lowest BCUT2D eigenvalue weighted by molar-refractivity contribution is -0.131. The Kier molecular flexibility index (Phi) is 9.05. The van der Waals surface area contributed by atoms with Crippen LogP contribution in [0, 0.1) is 11.3 Å². The molecule has 3 rings (SSSR count). The number of ether oxygens (including phenoxy) is 3. The monoisotopic (exact) mass is 437 g/mol. The van der Waals surface area contributed by atoms with Crippen LogP contribution in [0.5, 0.6) is 0 Å². The number of nitrogens with zero attached hydrogens (tertiary/aromatic N) is 2. The summed E-state index contributed by atoms with van der Waals surface area (Å²) in [6, 6.07) is 20.0. The number of hydrogen-bond donors (Lipinski definition) is 1. The highest BCUT2D eigenvalue weighted by atomic mass is 16.6. The summed E-state index contributed by atoms with van der Waals surface area (Å²) in [6.07, 6.45) is -1.44. The van der Waals surface area contributed by atoms with Crippen molar-refractivity contribution in [2.75, 3.05) is 32.9 Å². The Hall–Kier alpha value is -3.41. The number of rotatable bonds is 9. The summed E-state index contributed by atoms with van der Waals surface area (Å²) in [6.45, 7) is 2.03. The molecule has 1 saturated heterocycles. The average Bonchev–Trinajstić information content (AvgIpc) is 2.84.